The molecule has 0 aliphatic heterocycles. The quantitative estimate of drug-likeness (QED) is 0.448. The van der Waals surface area contributed by atoms with E-state index in [0.717, 1.165) is 22.6 Å². The summed E-state index contributed by atoms with van der Waals surface area (Å²) < 4.78 is 0. The van der Waals surface area contributed by atoms with Crippen LogP contribution in [0, 0.1) is 20.2 Å². The summed E-state index contributed by atoms with van der Waals surface area (Å²) >= 11 is 1.65. The van der Waals surface area contributed by atoms with Crippen LogP contribution in [0.25, 0.3) is 0 Å². The van der Waals surface area contributed by atoms with E-state index in [1.165, 1.54) is 24.3 Å². The van der Waals surface area contributed by atoms with Gasteiger partial charge in [0, 0.05) is 35.8 Å². The number of rotatable bonds is 6. The third kappa shape index (κ3) is 5.42. The van der Waals surface area contributed by atoms with Crippen molar-refractivity contribution in [3.8, 4) is 0 Å². The van der Waals surface area contributed by atoms with Crippen molar-refractivity contribution in [1.29, 1.82) is 0 Å². The Morgan fingerprint density at radius 3 is 1.32 bits per heavy atom. The number of hydrogen-bond acceptors (Lipinski definition) is 5. The number of nitrogens with zero attached hydrogens (tertiary/aromatic N) is 2. The minimum atomic E-state index is -0.423. The van der Waals surface area contributed by atoms with Crippen molar-refractivity contribution in [2.75, 3.05) is 0 Å². The van der Waals surface area contributed by atoms with Crippen LogP contribution in [0.4, 0.5) is 11.4 Å². The fraction of sp³-hybridized carbons (Fsp3) is 0.143. The van der Waals surface area contributed by atoms with E-state index in [0.29, 0.717) is 0 Å². The molecule has 0 saturated heterocycles. The number of hydrogen-bond donors (Lipinski definition) is 0. The van der Waals surface area contributed by atoms with Crippen molar-refractivity contribution in [1.82, 2.24) is 0 Å². The molecule has 0 aromatic heterocycles. The number of benzene rings is 2. The molecule has 2 aromatic rings. The maximum Gasteiger partial charge on any atom is 1.00 e. The monoisotopic (exact) mass is 327 g/mol. The van der Waals surface area contributed by atoms with Gasteiger partial charge >= 0.3 is 29.6 Å². The largest absolute Gasteiger partial charge is 1.00 e. The summed E-state index contributed by atoms with van der Waals surface area (Å²) in [5.41, 5.74) is 2.18. The zero-order valence-corrected chi connectivity index (χ0v) is 14.8. The smallest absolute Gasteiger partial charge is 0.258 e. The summed E-state index contributed by atoms with van der Waals surface area (Å²) in [6, 6.07) is 12.9. The molecule has 2 aromatic carbocycles. The number of nitro benzene ring substituents is 2. The number of nitro groups is 2. The van der Waals surface area contributed by atoms with Crippen molar-refractivity contribution in [2.45, 2.75) is 11.5 Å². The summed E-state index contributed by atoms with van der Waals surface area (Å²) in [5, 5.41) is 21.1. The van der Waals surface area contributed by atoms with E-state index >= 15 is 0 Å². The summed E-state index contributed by atoms with van der Waals surface area (Å²) in [5.74, 6) is 1.46. The molecule has 2 rings (SSSR count). The molecule has 0 fully saturated rings. The van der Waals surface area contributed by atoms with Crippen LogP contribution >= 0.6 is 11.8 Å². The summed E-state index contributed by atoms with van der Waals surface area (Å²) in [4.78, 5) is 20.2. The van der Waals surface area contributed by atoms with Gasteiger partial charge in [-0.2, -0.15) is 11.8 Å². The maximum atomic E-state index is 10.5. The molecule has 0 bridgehead atoms. The van der Waals surface area contributed by atoms with E-state index in [-0.39, 0.29) is 40.9 Å². The molecule has 22 heavy (non-hydrogen) atoms. The van der Waals surface area contributed by atoms with Gasteiger partial charge in [0.2, 0.25) is 0 Å². The molecule has 0 aliphatic carbocycles. The first-order valence-electron chi connectivity index (χ1n) is 6.10. The van der Waals surface area contributed by atoms with Gasteiger partial charge in [-0.15, -0.1) is 0 Å². The van der Waals surface area contributed by atoms with Crippen LogP contribution in [-0.4, -0.2) is 9.85 Å². The molecule has 0 radical (unpaired) electrons. The fourth-order valence-corrected chi connectivity index (χ4v) is 2.67. The van der Waals surface area contributed by atoms with Gasteiger partial charge in [-0.25, -0.2) is 0 Å². The topological polar surface area (TPSA) is 86.3 Å². The van der Waals surface area contributed by atoms with Crippen LogP contribution in [0.1, 0.15) is 11.1 Å². The van der Waals surface area contributed by atoms with E-state index < -0.39 is 9.85 Å². The summed E-state index contributed by atoms with van der Waals surface area (Å²) in [6.07, 6.45) is 0. The SMILES string of the molecule is O=[N+]([O-])c1ccc(CSCc2ccc([N+](=O)[O-])cc2)cc1.[Na+]. The first-order chi connectivity index (χ1) is 10.1. The van der Waals surface area contributed by atoms with Crippen LogP contribution in [-0.2, 0) is 11.5 Å². The Morgan fingerprint density at radius 1 is 0.727 bits per heavy atom. The molecular formula is C14H12N2NaO4S+. The average molecular weight is 327 g/mol. The van der Waals surface area contributed by atoms with E-state index in [1.807, 2.05) is 0 Å². The van der Waals surface area contributed by atoms with Crippen LogP contribution in [0.2, 0.25) is 0 Å². The molecular weight excluding hydrogens is 315 g/mol. The Hall–Kier alpha value is -1.41. The molecule has 108 valence electrons. The predicted octanol–water partition coefficient (Wildman–Crippen LogP) is 0.940. The second-order valence-electron chi connectivity index (χ2n) is 4.34. The van der Waals surface area contributed by atoms with Crippen LogP contribution in [0.15, 0.2) is 48.5 Å². The zero-order valence-electron chi connectivity index (χ0n) is 12.0. The van der Waals surface area contributed by atoms with Crippen LogP contribution in [0.5, 0.6) is 0 Å². The third-order valence-electron chi connectivity index (χ3n) is 2.83. The van der Waals surface area contributed by atoms with Gasteiger partial charge in [0.15, 0.2) is 0 Å². The van der Waals surface area contributed by atoms with Gasteiger partial charge in [-0.05, 0) is 11.1 Å². The average Bonchev–Trinajstić information content (AvgIpc) is 2.48. The molecule has 0 aliphatic rings. The van der Waals surface area contributed by atoms with Crippen molar-refractivity contribution in [3.63, 3.8) is 0 Å². The zero-order chi connectivity index (χ0) is 15.2. The standard InChI is InChI=1S/C14H12N2O4S.Na/c17-15(18)13-5-1-11(2-6-13)9-21-10-12-3-7-14(8-4-12)16(19)20;/h1-8H,9-10H2;/q;+1. The first-order valence-corrected chi connectivity index (χ1v) is 7.26. The van der Waals surface area contributed by atoms with E-state index in [2.05, 4.69) is 0 Å². The number of thioether (sulfide) groups is 1. The fourth-order valence-electron chi connectivity index (χ4n) is 1.71. The molecule has 0 N–H and O–H groups in total. The van der Waals surface area contributed by atoms with E-state index in [9.17, 15) is 20.2 Å². The van der Waals surface area contributed by atoms with E-state index in [1.54, 1.807) is 36.0 Å². The molecule has 0 atom stereocenters. The summed E-state index contributed by atoms with van der Waals surface area (Å²) in [6.45, 7) is 0. The summed E-state index contributed by atoms with van der Waals surface area (Å²) in [7, 11) is 0. The Morgan fingerprint density at radius 2 is 1.05 bits per heavy atom. The maximum absolute atomic E-state index is 10.5. The van der Waals surface area contributed by atoms with Gasteiger partial charge in [-0.3, -0.25) is 20.2 Å². The molecule has 0 spiro atoms. The number of non-ortho nitro benzene ring substituents is 2. The van der Waals surface area contributed by atoms with Crippen molar-refractivity contribution in [3.05, 3.63) is 79.9 Å². The second kappa shape index (κ2) is 8.89. The van der Waals surface area contributed by atoms with Gasteiger partial charge in [0.05, 0.1) is 9.85 Å². The molecule has 0 heterocycles. The van der Waals surface area contributed by atoms with Crippen molar-refractivity contribution in [2.24, 2.45) is 0 Å². The molecule has 0 saturated carbocycles. The van der Waals surface area contributed by atoms with Crippen molar-refractivity contribution >= 4 is 23.1 Å². The second-order valence-corrected chi connectivity index (χ2v) is 5.33. The van der Waals surface area contributed by atoms with Crippen LogP contribution < -0.4 is 29.6 Å². The van der Waals surface area contributed by atoms with Gasteiger partial charge in [-0.1, -0.05) is 24.3 Å². The molecule has 0 amide bonds. The predicted molar refractivity (Wildman–Crippen MR) is 81.2 cm³/mol. The Balaban J connectivity index is 0.00000242. The van der Waals surface area contributed by atoms with Gasteiger partial charge in [0.25, 0.3) is 11.4 Å². The normalized spacial score (nSPS) is 9.82. The van der Waals surface area contributed by atoms with Gasteiger partial charge in [0.1, 0.15) is 0 Å². The Labute approximate surface area is 153 Å². The van der Waals surface area contributed by atoms with Crippen molar-refractivity contribution < 1.29 is 39.4 Å². The van der Waals surface area contributed by atoms with Gasteiger partial charge < -0.3 is 0 Å². The Bertz CT molecular complexity index is 589. The Kier molecular flexibility index (Phi) is 7.53. The van der Waals surface area contributed by atoms with E-state index in [4.69, 9.17) is 0 Å². The molecule has 6 nitrogen and oxygen atoms in total. The minimum Gasteiger partial charge on any atom is -0.258 e. The minimum absolute atomic E-state index is 0. The molecule has 0 unspecified atom stereocenters. The third-order valence-corrected chi connectivity index (χ3v) is 3.91. The first kappa shape index (κ1) is 18.6. The molecule has 8 heteroatoms. The van der Waals surface area contributed by atoms with Crippen LogP contribution in [0.3, 0.4) is 0 Å².